The first-order valence-electron chi connectivity index (χ1n) is 6.64. The summed E-state index contributed by atoms with van der Waals surface area (Å²) >= 11 is 0. The Morgan fingerprint density at radius 3 is 2.35 bits per heavy atom. The largest absolute Gasteiger partial charge is 0.416 e. The van der Waals surface area contributed by atoms with Crippen molar-refractivity contribution in [1.29, 1.82) is 0 Å². The maximum absolute atomic E-state index is 12.7. The third-order valence-corrected chi connectivity index (χ3v) is 4.06. The number of imidazole rings is 1. The molecule has 0 fully saturated rings. The van der Waals surface area contributed by atoms with Crippen molar-refractivity contribution in [2.24, 2.45) is 5.73 Å². The molecular formula is C14H18F3N3. The van der Waals surface area contributed by atoms with Crippen molar-refractivity contribution >= 4 is 11.0 Å². The van der Waals surface area contributed by atoms with Crippen LogP contribution < -0.4 is 5.73 Å². The van der Waals surface area contributed by atoms with Gasteiger partial charge in [-0.2, -0.15) is 13.2 Å². The molecule has 0 spiro atoms. The van der Waals surface area contributed by atoms with Crippen molar-refractivity contribution in [1.82, 2.24) is 9.97 Å². The second kappa shape index (κ2) is 5.09. The molecule has 3 N–H and O–H groups in total. The van der Waals surface area contributed by atoms with E-state index in [1.165, 1.54) is 6.07 Å². The van der Waals surface area contributed by atoms with Gasteiger partial charge in [-0.15, -0.1) is 0 Å². The summed E-state index contributed by atoms with van der Waals surface area (Å²) in [5.41, 5.74) is 5.79. The van der Waals surface area contributed by atoms with Crippen LogP contribution in [-0.2, 0) is 11.6 Å². The molecule has 0 aliphatic heterocycles. The van der Waals surface area contributed by atoms with E-state index in [-0.39, 0.29) is 5.41 Å². The Morgan fingerprint density at radius 2 is 1.85 bits per heavy atom. The van der Waals surface area contributed by atoms with Crippen molar-refractivity contribution in [2.75, 3.05) is 6.54 Å². The summed E-state index contributed by atoms with van der Waals surface area (Å²) in [4.78, 5) is 7.43. The van der Waals surface area contributed by atoms with Crippen molar-refractivity contribution in [3.05, 3.63) is 29.6 Å². The number of nitrogens with one attached hydrogen (secondary N) is 1. The van der Waals surface area contributed by atoms with Gasteiger partial charge in [-0.05, 0) is 31.0 Å². The fourth-order valence-corrected chi connectivity index (χ4v) is 2.41. The average molecular weight is 285 g/mol. The summed E-state index contributed by atoms with van der Waals surface area (Å²) < 4.78 is 38.1. The summed E-state index contributed by atoms with van der Waals surface area (Å²) in [6.07, 6.45) is -2.78. The molecule has 3 nitrogen and oxygen atoms in total. The lowest BCUT2D eigenvalue weighted by Crippen LogP contribution is -2.35. The standard InChI is InChI=1S/C14H18F3N3/c1-3-13(4-2,8-18)12-19-10-6-5-9(14(15,16)17)7-11(10)20-12/h5-7H,3-4,8,18H2,1-2H3,(H,19,20). The van der Waals surface area contributed by atoms with Crippen LogP contribution in [0.15, 0.2) is 18.2 Å². The van der Waals surface area contributed by atoms with Gasteiger partial charge in [-0.1, -0.05) is 13.8 Å². The first-order chi connectivity index (χ1) is 9.36. The van der Waals surface area contributed by atoms with Gasteiger partial charge in [0, 0.05) is 12.0 Å². The third-order valence-electron chi connectivity index (χ3n) is 4.06. The quantitative estimate of drug-likeness (QED) is 0.901. The molecule has 2 rings (SSSR count). The SMILES string of the molecule is CCC(CC)(CN)c1nc2ccc(C(F)(F)F)cc2[nH]1. The van der Waals surface area contributed by atoms with Gasteiger partial charge in [0.2, 0.25) is 0 Å². The number of H-pyrrole nitrogens is 1. The number of hydrogen-bond donors (Lipinski definition) is 2. The van der Waals surface area contributed by atoms with Crippen LogP contribution in [0.3, 0.4) is 0 Å². The van der Waals surface area contributed by atoms with E-state index in [4.69, 9.17) is 5.73 Å². The van der Waals surface area contributed by atoms with Crippen LogP contribution in [0.25, 0.3) is 11.0 Å². The zero-order valence-corrected chi connectivity index (χ0v) is 11.5. The van der Waals surface area contributed by atoms with E-state index in [9.17, 15) is 13.2 Å². The summed E-state index contributed by atoms with van der Waals surface area (Å²) in [5.74, 6) is 0.666. The molecule has 0 amide bonds. The average Bonchev–Trinajstić information content (AvgIpc) is 2.83. The summed E-state index contributed by atoms with van der Waals surface area (Å²) in [5, 5.41) is 0. The highest BCUT2D eigenvalue weighted by Gasteiger charge is 2.33. The van der Waals surface area contributed by atoms with E-state index in [0.29, 0.717) is 23.4 Å². The second-order valence-electron chi connectivity index (χ2n) is 5.01. The van der Waals surface area contributed by atoms with Gasteiger partial charge in [0.1, 0.15) is 5.82 Å². The molecular weight excluding hydrogens is 267 g/mol. The molecule has 0 unspecified atom stereocenters. The van der Waals surface area contributed by atoms with Crippen molar-refractivity contribution in [3.8, 4) is 0 Å². The number of rotatable bonds is 4. The van der Waals surface area contributed by atoms with E-state index in [1.807, 2.05) is 13.8 Å². The van der Waals surface area contributed by atoms with E-state index in [1.54, 1.807) is 0 Å². The molecule has 0 atom stereocenters. The Morgan fingerprint density at radius 1 is 1.20 bits per heavy atom. The van der Waals surface area contributed by atoms with E-state index < -0.39 is 11.7 Å². The van der Waals surface area contributed by atoms with Crippen LogP contribution in [0.5, 0.6) is 0 Å². The Hall–Kier alpha value is -1.56. The molecule has 20 heavy (non-hydrogen) atoms. The number of halogens is 3. The van der Waals surface area contributed by atoms with Crippen molar-refractivity contribution in [3.63, 3.8) is 0 Å². The Labute approximate surface area is 115 Å². The molecule has 2 aromatic rings. The number of benzene rings is 1. The number of aromatic amines is 1. The molecule has 6 heteroatoms. The predicted octanol–water partition coefficient (Wildman–Crippen LogP) is 3.60. The minimum absolute atomic E-state index is 0.308. The van der Waals surface area contributed by atoms with Gasteiger partial charge >= 0.3 is 6.18 Å². The smallest absolute Gasteiger partial charge is 0.341 e. The maximum atomic E-state index is 12.7. The highest BCUT2D eigenvalue weighted by molar-refractivity contribution is 5.76. The number of aromatic nitrogens is 2. The van der Waals surface area contributed by atoms with Gasteiger partial charge in [0.05, 0.1) is 16.6 Å². The monoisotopic (exact) mass is 285 g/mol. The first-order valence-corrected chi connectivity index (χ1v) is 6.64. The van der Waals surface area contributed by atoms with Crippen molar-refractivity contribution in [2.45, 2.75) is 38.3 Å². The maximum Gasteiger partial charge on any atom is 0.416 e. The lowest BCUT2D eigenvalue weighted by atomic mass is 9.82. The topological polar surface area (TPSA) is 54.7 Å². The van der Waals surface area contributed by atoms with Gasteiger partial charge in [0.25, 0.3) is 0 Å². The lowest BCUT2D eigenvalue weighted by Gasteiger charge is -2.27. The third kappa shape index (κ3) is 2.40. The Kier molecular flexibility index (Phi) is 3.77. The van der Waals surface area contributed by atoms with Crippen LogP contribution in [0, 0.1) is 0 Å². The molecule has 0 aliphatic carbocycles. The summed E-state index contributed by atoms with van der Waals surface area (Å²) in [7, 11) is 0. The Balaban J connectivity index is 2.54. The zero-order chi connectivity index (χ0) is 15.0. The summed E-state index contributed by atoms with van der Waals surface area (Å²) in [6, 6.07) is 3.54. The predicted molar refractivity (Wildman–Crippen MR) is 72.4 cm³/mol. The van der Waals surface area contributed by atoms with E-state index in [0.717, 1.165) is 25.0 Å². The molecule has 0 saturated carbocycles. The van der Waals surface area contributed by atoms with Gasteiger partial charge in [0.15, 0.2) is 0 Å². The summed E-state index contributed by atoms with van der Waals surface area (Å²) in [6.45, 7) is 4.42. The number of nitrogens with two attached hydrogens (primary N) is 1. The van der Waals surface area contributed by atoms with Gasteiger partial charge in [-0.25, -0.2) is 4.98 Å². The minimum Gasteiger partial charge on any atom is -0.341 e. The number of fused-ring (bicyclic) bond motifs is 1. The molecule has 0 bridgehead atoms. The molecule has 0 radical (unpaired) electrons. The van der Waals surface area contributed by atoms with Gasteiger partial charge in [-0.3, -0.25) is 0 Å². The fourth-order valence-electron chi connectivity index (χ4n) is 2.41. The van der Waals surface area contributed by atoms with E-state index in [2.05, 4.69) is 9.97 Å². The van der Waals surface area contributed by atoms with Crippen LogP contribution in [0.4, 0.5) is 13.2 Å². The molecule has 0 aliphatic rings. The zero-order valence-electron chi connectivity index (χ0n) is 11.5. The van der Waals surface area contributed by atoms with Crippen molar-refractivity contribution < 1.29 is 13.2 Å². The molecule has 1 heterocycles. The molecule has 110 valence electrons. The number of nitrogens with zero attached hydrogens (tertiary/aromatic N) is 1. The highest BCUT2D eigenvalue weighted by atomic mass is 19.4. The van der Waals surface area contributed by atoms with Crippen LogP contribution in [-0.4, -0.2) is 16.5 Å². The minimum atomic E-state index is -4.35. The lowest BCUT2D eigenvalue weighted by molar-refractivity contribution is -0.137. The van der Waals surface area contributed by atoms with Crippen LogP contribution in [0.1, 0.15) is 38.1 Å². The second-order valence-corrected chi connectivity index (χ2v) is 5.01. The number of alkyl halides is 3. The molecule has 1 aromatic heterocycles. The Bertz CT molecular complexity index is 589. The van der Waals surface area contributed by atoms with Crippen LogP contribution >= 0.6 is 0 Å². The first kappa shape index (κ1) is 14.8. The fraction of sp³-hybridized carbons (Fsp3) is 0.500. The normalized spacial score (nSPS) is 13.1. The van der Waals surface area contributed by atoms with E-state index >= 15 is 0 Å². The molecule has 0 saturated heterocycles. The van der Waals surface area contributed by atoms with Gasteiger partial charge < -0.3 is 10.7 Å². The highest BCUT2D eigenvalue weighted by Crippen LogP contribution is 2.33. The molecule has 1 aromatic carbocycles. The van der Waals surface area contributed by atoms with Crippen LogP contribution in [0.2, 0.25) is 0 Å². The number of hydrogen-bond acceptors (Lipinski definition) is 2.